The molecule has 0 aliphatic carbocycles. The maximum atomic E-state index is 5.53. The van der Waals surface area contributed by atoms with E-state index in [1.807, 2.05) is 32.0 Å². The molecule has 0 spiro atoms. The van der Waals surface area contributed by atoms with Crippen molar-refractivity contribution in [3.63, 3.8) is 0 Å². The van der Waals surface area contributed by atoms with Crippen LogP contribution in [0.25, 0.3) is 0 Å². The third-order valence-corrected chi connectivity index (χ3v) is 3.25. The third kappa shape index (κ3) is 7.55. The van der Waals surface area contributed by atoms with Crippen molar-refractivity contribution < 1.29 is 14.2 Å². The smallest absolute Gasteiger partial charge is 0.191 e. The lowest BCUT2D eigenvalue weighted by molar-refractivity contribution is 0.145. The number of ether oxygens (including phenoxy) is 3. The zero-order valence-corrected chi connectivity index (χ0v) is 15.4. The van der Waals surface area contributed by atoms with Gasteiger partial charge in [0.25, 0.3) is 0 Å². The van der Waals surface area contributed by atoms with E-state index in [9.17, 15) is 0 Å². The first-order chi connectivity index (χ1) is 11.7. The van der Waals surface area contributed by atoms with E-state index in [0.29, 0.717) is 13.2 Å². The zero-order chi connectivity index (χ0) is 17.6. The summed E-state index contributed by atoms with van der Waals surface area (Å²) < 4.78 is 16.2. The second-order valence-corrected chi connectivity index (χ2v) is 5.09. The van der Waals surface area contributed by atoms with Crippen LogP contribution in [0.15, 0.2) is 23.2 Å². The van der Waals surface area contributed by atoms with Crippen LogP contribution in [0.3, 0.4) is 0 Å². The average molecular weight is 337 g/mol. The van der Waals surface area contributed by atoms with Gasteiger partial charge in [0.05, 0.1) is 20.3 Å². The summed E-state index contributed by atoms with van der Waals surface area (Å²) in [4.78, 5) is 4.61. The van der Waals surface area contributed by atoms with E-state index in [4.69, 9.17) is 14.2 Å². The van der Waals surface area contributed by atoms with Gasteiger partial charge in [0, 0.05) is 26.3 Å². The molecule has 0 atom stereocenters. The van der Waals surface area contributed by atoms with Crippen LogP contribution in [0.4, 0.5) is 0 Å². The lowest BCUT2D eigenvalue weighted by Crippen LogP contribution is -2.38. The third-order valence-electron chi connectivity index (χ3n) is 3.25. The molecule has 0 saturated heterocycles. The highest BCUT2D eigenvalue weighted by atomic mass is 16.5. The Morgan fingerprint density at radius 3 is 2.58 bits per heavy atom. The number of hydrogen-bond acceptors (Lipinski definition) is 4. The molecule has 2 N–H and O–H groups in total. The fourth-order valence-corrected chi connectivity index (χ4v) is 2.12. The van der Waals surface area contributed by atoms with Crippen LogP contribution < -0.4 is 20.1 Å². The van der Waals surface area contributed by atoms with Gasteiger partial charge >= 0.3 is 0 Å². The van der Waals surface area contributed by atoms with Crippen LogP contribution in [-0.4, -0.2) is 46.0 Å². The molecule has 24 heavy (non-hydrogen) atoms. The monoisotopic (exact) mass is 337 g/mol. The molecule has 0 aliphatic heterocycles. The molecular weight excluding hydrogens is 306 g/mol. The van der Waals surface area contributed by atoms with E-state index in [2.05, 4.69) is 22.5 Å². The fourth-order valence-electron chi connectivity index (χ4n) is 2.12. The van der Waals surface area contributed by atoms with E-state index in [-0.39, 0.29) is 0 Å². The molecule has 0 heterocycles. The minimum absolute atomic E-state index is 0.573. The summed E-state index contributed by atoms with van der Waals surface area (Å²) in [5.41, 5.74) is 1.07. The number of hydrogen-bond donors (Lipinski definition) is 2. The first-order valence-electron chi connectivity index (χ1n) is 8.64. The molecule has 1 rings (SSSR count). The van der Waals surface area contributed by atoms with Crippen molar-refractivity contribution in [1.29, 1.82) is 0 Å². The Bertz CT molecular complexity index is 492. The molecule has 0 radical (unpaired) electrons. The van der Waals surface area contributed by atoms with Crippen LogP contribution in [0.1, 0.15) is 32.8 Å². The SMILES string of the molecule is CCNC(=NCc1ccc(OCC)c(OC)c1)NCCCOCC. The summed E-state index contributed by atoms with van der Waals surface area (Å²) in [6, 6.07) is 5.90. The van der Waals surface area contributed by atoms with Gasteiger partial charge in [0.2, 0.25) is 0 Å². The molecule has 6 nitrogen and oxygen atoms in total. The average Bonchev–Trinajstić information content (AvgIpc) is 2.60. The summed E-state index contributed by atoms with van der Waals surface area (Å²) in [5, 5.41) is 6.56. The van der Waals surface area contributed by atoms with Gasteiger partial charge in [-0.2, -0.15) is 0 Å². The minimum Gasteiger partial charge on any atom is -0.493 e. The number of benzene rings is 1. The highest BCUT2D eigenvalue weighted by Crippen LogP contribution is 2.28. The van der Waals surface area contributed by atoms with Crippen molar-refractivity contribution in [2.45, 2.75) is 33.7 Å². The van der Waals surface area contributed by atoms with E-state index in [1.165, 1.54) is 0 Å². The van der Waals surface area contributed by atoms with E-state index in [1.54, 1.807) is 7.11 Å². The Morgan fingerprint density at radius 2 is 1.92 bits per heavy atom. The van der Waals surface area contributed by atoms with Gasteiger partial charge in [0.1, 0.15) is 0 Å². The van der Waals surface area contributed by atoms with E-state index < -0.39 is 0 Å². The quantitative estimate of drug-likeness (QED) is 0.369. The first kappa shape index (κ1) is 20.1. The topological polar surface area (TPSA) is 64.1 Å². The lowest BCUT2D eigenvalue weighted by atomic mass is 10.2. The molecule has 0 fully saturated rings. The Hall–Kier alpha value is -1.95. The molecular formula is C18H31N3O3. The highest BCUT2D eigenvalue weighted by molar-refractivity contribution is 5.79. The van der Waals surface area contributed by atoms with Crippen LogP contribution >= 0.6 is 0 Å². The van der Waals surface area contributed by atoms with Gasteiger partial charge < -0.3 is 24.8 Å². The fraction of sp³-hybridized carbons (Fsp3) is 0.611. The largest absolute Gasteiger partial charge is 0.493 e. The van der Waals surface area contributed by atoms with Crippen molar-refractivity contribution in [3.8, 4) is 11.5 Å². The van der Waals surface area contributed by atoms with Crippen LogP contribution in [0, 0.1) is 0 Å². The van der Waals surface area contributed by atoms with Gasteiger partial charge in [-0.15, -0.1) is 0 Å². The number of nitrogens with one attached hydrogen (secondary N) is 2. The normalized spacial score (nSPS) is 11.2. The molecule has 136 valence electrons. The zero-order valence-electron chi connectivity index (χ0n) is 15.4. The Labute approximate surface area is 145 Å². The Morgan fingerprint density at radius 1 is 1.08 bits per heavy atom. The summed E-state index contributed by atoms with van der Waals surface area (Å²) in [6.45, 7) is 10.4. The number of nitrogens with zero attached hydrogens (tertiary/aromatic N) is 1. The van der Waals surface area contributed by atoms with Crippen LogP contribution in [0.5, 0.6) is 11.5 Å². The minimum atomic E-state index is 0.573. The molecule has 0 unspecified atom stereocenters. The summed E-state index contributed by atoms with van der Waals surface area (Å²) in [6.07, 6.45) is 0.954. The predicted octanol–water partition coefficient (Wildman–Crippen LogP) is 2.58. The molecule has 0 aliphatic rings. The van der Waals surface area contributed by atoms with Gasteiger partial charge in [-0.3, -0.25) is 0 Å². The van der Waals surface area contributed by atoms with Gasteiger partial charge in [-0.05, 0) is 44.9 Å². The van der Waals surface area contributed by atoms with Crippen LogP contribution in [-0.2, 0) is 11.3 Å². The molecule has 1 aromatic rings. The van der Waals surface area contributed by atoms with Gasteiger partial charge in [-0.25, -0.2) is 4.99 Å². The maximum Gasteiger partial charge on any atom is 0.191 e. The Kier molecular flexibility index (Phi) is 10.4. The molecule has 1 aromatic carbocycles. The van der Waals surface area contributed by atoms with Crippen LogP contribution in [0.2, 0.25) is 0 Å². The summed E-state index contributed by atoms with van der Waals surface area (Å²) in [7, 11) is 1.65. The second kappa shape index (κ2) is 12.5. The second-order valence-electron chi connectivity index (χ2n) is 5.09. The van der Waals surface area contributed by atoms with E-state index >= 15 is 0 Å². The molecule has 0 bridgehead atoms. The summed E-state index contributed by atoms with van der Waals surface area (Å²) >= 11 is 0. The standard InChI is InChI=1S/C18H31N3O3/c1-5-19-18(20-11-8-12-23-6-2)21-14-15-9-10-16(24-7-3)17(13-15)22-4/h9-10,13H,5-8,11-12,14H2,1-4H3,(H2,19,20,21). The Balaban J connectivity index is 2.61. The molecule has 6 heteroatoms. The van der Waals surface area contributed by atoms with Crippen molar-refractivity contribution in [1.82, 2.24) is 10.6 Å². The van der Waals surface area contributed by atoms with Crippen molar-refractivity contribution in [2.75, 3.05) is 40.0 Å². The molecule has 0 saturated carbocycles. The number of methoxy groups -OCH3 is 1. The predicted molar refractivity (Wildman–Crippen MR) is 98.1 cm³/mol. The van der Waals surface area contributed by atoms with Gasteiger partial charge in [0.15, 0.2) is 17.5 Å². The van der Waals surface area contributed by atoms with Crippen molar-refractivity contribution in [3.05, 3.63) is 23.8 Å². The lowest BCUT2D eigenvalue weighted by Gasteiger charge is -2.12. The number of guanidine groups is 1. The molecule has 0 aromatic heterocycles. The highest BCUT2D eigenvalue weighted by Gasteiger charge is 2.05. The van der Waals surface area contributed by atoms with Crippen molar-refractivity contribution >= 4 is 5.96 Å². The maximum absolute atomic E-state index is 5.53. The van der Waals surface area contributed by atoms with E-state index in [0.717, 1.165) is 55.7 Å². The number of rotatable bonds is 11. The summed E-state index contributed by atoms with van der Waals surface area (Å²) in [5.74, 6) is 2.30. The van der Waals surface area contributed by atoms with Gasteiger partial charge in [-0.1, -0.05) is 6.07 Å². The number of aliphatic imine (C=N–C) groups is 1. The molecule has 0 amide bonds. The van der Waals surface area contributed by atoms with Crippen molar-refractivity contribution in [2.24, 2.45) is 4.99 Å². The first-order valence-corrected chi connectivity index (χ1v) is 8.64.